The number of nitrogens with zero attached hydrogens (tertiary/aromatic N) is 2. The molecule has 0 N–H and O–H groups in total. The molecule has 24 heavy (non-hydrogen) atoms. The van der Waals surface area contributed by atoms with Crippen molar-refractivity contribution in [1.82, 2.24) is 4.90 Å². The van der Waals surface area contributed by atoms with E-state index in [4.69, 9.17) is 5.26 Å². The van der Waals surface area contributed by atoms with Gasteiger partial charge in [0, 0.05) is 18.6 Å². The molecular weight excluding hydrogens is 292 g/mol. The molecule has 0 saturated carbocycles. The van der Waals surface area contributed by atoms with Crippen LogP contribution in [0.2, 0.25) is 0 Å². The van der Waals surface area contributed by atoms with Gasteiger partial charge in [0.25, 0.3) is 0 Å². The average Bonchev–Trinajstić information content (AvgIpc) is 2.85. The Kier molecular flexibility index (Phi) is 4.19. The minimum atomic E-state index is 0.582. The highest BCUT2D eigenvalue weighted by Gasteiger charge is 2.36. The van der Waals surface area contributed by atoms with Gasteiger partial charge >= 0.3 is 0 Å². The highest BCUT2D eigenvalue weighted by molar-refractivity contribution is 5.35. The molecule has 4 rings (SSSR count). The second-order valence-corrected chi connectivity index (χ2v) is 6.97. The van der Waals surface area contributed by atoms with Crippen LogP contribution in [-0.2, 0) is 13.0 Å². The maximum atomic E-state index is 9.07. The number of hydrogen-bond donors (Lipinski definition) is 0. The van der Waals surface area contributed by atoms with Gasteiger partial charge in [0.1, 0.15) is 0 Å². The Morgan fingerprint density at radius 2 is 1.83 bits per heavy atom. The maximum Gasteiger partial charge on any atom is 0.0991 e. The average molecular weight is 314 g/mol. The van der Waals surface area contributed by atoms with Gasteiger partial charge in [0.2, 0.25) is 0 Å². The van der Waals surface area contributed by atoms with Crippen molar-refractivity contribution in [2.75, 3.05) is 0 Å². The molecule has 0 spiro atoms. The fourth-order valence-corrected chi connectivity index (χ4v) is 4.19. The molecule has 0 aromatic heterocycles. The summed E-state index contributed by atoms with van der Waals surface area (Å²) in [6, 6.07) is 22.3. The Morgan fingerprint density at radius 1 is 1.00 bits per heavy atom. The first-order valence-electron chi connectivity index (χ1n) is 8.80. The summed E-state index contributed by atoms with van der Waals surface area (Å²) in [6.07, 6.45) is 7.22. The van der Waals surface area contributed by atoms with Crippen LogP contribution in [0.15, 0.2) is 66.2 Å². The topological polar surface area (TPSA) is 27.0 Å². The molecule has 2 aliphatic rings. The molecule has 2 heterocycles. The summed E-state index contributed by atoms with van der Waals surface area (Å²) < 4.78 is 0. The van der Waals surface area contributed by atoms with Crippen LogP contribution in [0.4, 0.5) is 0 Å². The minimum Gasteiger partial charge on any atom is -0.289 e. The smallest absolute Gasteiger partial charge is 0.0991 e. The minimum absolute atomic E-state index is 0.582. The third-order valence-electron chi connectivity index (χ3n) is 5.31. The van der Waals surface area contributed by atoms with E-state index >= 15 is 0 Å². The molecular formula is C22H22N2. The molecule has 2 aromatic rings. The monoisotopic (exact) mass is 314 g/mol. The first-order valence-corrected chi connectivity index (χ1v) is 8.80. The van der Waals surface area contributed by atoms with Crippen molar-refractivity contribution in [2.45, 2.75) is 44.3 Å². The van der Waals surface area contributed by atoms with Crippen LogP contribution in [0.3, 0.4) is 0 Å². The molecule has 2 unspecified atom stereocenters. The fraction of sp³-hybridized carbons (Fsp3) is 0.318. The fourth-order valence-electron chi connectivity index (χ4n) is 4.19. The van der Waals surface area contributed by atoms with E-state index in [0.717, 1.165) is 18.5 Å². The molecule has 2 atom stereocenters. The highest BCUT2D eigenvalue weighted by atomic mass is 15.2. The Morgan fingerprint density at radius 3 is 2.62 bits per heavy atom. The zero-order valence-electron chi connectivity index (χ0n) is 13.9. The van der Waals surface area contributed by atoms with Crippen LogP contribution >= 0.6 is 0 Å². The van der Waals surface area contributed by atoms with Crippen molar-refractivity contribution in [3.63, 3.8) is 0 Å². The van der Waals surface area contributed by atoms with Crippen molar-refractivity contribution in [3.8, 4) is 6.07 Å². The summed E-state index contributed by atoms with van der Waals surface area (Å²) >= 11 is 0. The van der Waals surface area contributed by atoms with Crippen LogP contribution in [-0.4, -0.2) is 17.0 Å². The molecule has 120 valence electrons. The Balaban J connectivity index is 1.48. The summed E-state index contributed by atoms with van der Waals surface area (Å²) in [4.78, 5) is 2.67. The SMILES string of the molecule is N#Cc1cccc(CC2=CC3CCC(C2)N3Cc2ccccc2)c1. The lowest BCUT2D eigenvalue weighted by Gasteiger charge is -2.34. The lowest BCUT2D eigenvalue weighted by Crippen LogP contribution is -2.38. The Hall–Kier alpha value is -2.37. The number of fused-ring (bicyclic) bond motifs is 2. The molecule has 0 amide bonds. The van der Waals surface area contributed by atoms with E-state index < -0.39 is 0 Å². The van der Waals surface area contributed by atoms with Gasteiger partial charge in [-0.2, -0.15) is 5.26 Å². The van der Waals surface area contributed by atoms with Gasteiger partial charge < -0.3 is 0 Å². The summed E-state index contributed by atoms with van der Waals surface area (Å²) in [5, 5.41) is 9.07. The van der Waals surface area contributed by atoms with Crippen LogP contribution in [0.5, 0.6) is 0 Å². The van der Waals surface area contributed by atoms with Gasteiger partial charge in [-0.25, -0.2) is 0 Å². The van der Waals surface area contributed by atoms with Gasteiger partial charge in [0.15, 0.2) is 0 Å². The predicted octanol–water partition coefficient (Wildman–Crippen LogP) is 4.46. The number of nitriles is 1. The molecule has 2 bridgehead atoms. The molecule has 0 radical (unpaired) electrons. The normalized spacial score (nSPS) is 22.9. The van der Waals surface area contributed by atoms with Crippen LogP contribution < -0.4 is 0 Å². The third kappa shape index (κ3) is 3.13. The summed E-state index contributed by atoms with van der Waals surface area (Å²) in [7, 11) is 0. The van der Waals surface area contributed by atoms with E-state index in [-0.39, 0.29) is 0 Å². The summed E-state index contributed by atoms with van der Waals surface area (Å²) in [5.74, 6) is 0. The van der Waals surface area contributed by atoms with Crippen LogP contribution in [0.25, 0.3) is 0 Å². The molecule has 2 aliphatic heterocycles. The zero-order valence-corrected chi connectivity index (χ0v) is 13.9. The van der Waals surface area contributed by atoms with E-state index in [1.54, 1.807) is 5.57 Å². The van der Waals surface area contributed by atoms with E-state index in [1.807, 2.05) is 18.2 Å². The van der Waals surface area contributed by atoms with Gasteiger partial charge in [0.05, 0.1) is 11.6 Å². The van der Waals surface area contributed by atoms with Gasteiger partial charge in [-0.05, 0) is 48.9 Å². The van der Waals surface area contributed by atoms with Crippen molar-refractivity contribution in [1.29, 1.82) is 5.26 Å². The highest BCUT2D eigenvalue weighted by Crippen LogP contribution is 2.36. The molecule has 0 aliphatic carbocycles. The second-order valence-electron chi connectivity index (χ2n) is 6.97. The molecule has 2 heteroatoms. The van der Waals surface area contributed by atoms with Gasteiger partial charge in [-0.3, -0.25) is 4.90 Å². The largest absolute Gasteiger partial charge is 0.289 e. The first-order chi connectivity index (χ1) is 11.8. The molecule has 2 aromatic carbocycles. The summed E-state index contributed by atoms with van der Waals surface area (Å²) in [5.41, 5.74) is 4.98. The zero-order chi connectivity index (χ0) is 16.4. The van der Waals surface area contributed by atoms with Crippen LogP contribution in [0, 0.1) is 11.3 Å². The quantitative estimate of drug-likeness (QED) is 0.779. The van der Waals surface area contributed by atoms with Crippen molar-refractivity contribution in [2.24, 2.45) is 0 Å². The molecule has 2 nitrogen and oxygen atoms in total. The number of benzene rings is 2. The maximum absolute atomic E-state index is 9.07. The Bertz CT molecular complexity index is 785. The first kappa shape index (κ1) is 15.2. The number of hydrogen-bond acceptors (Lipinski definition) is 2. The third-order valence-corrected chi connectivity index (χ3v) is 5.31. The molecule has 1 saturated heterocycles. The predicted molar refractivity (Wildman–Crippen MR) is 96.4 cm³/mol. The standard InChI is InChI=1S/C22H22N2/c23-15-19-8-4-7-18(11-19)12-20-13-21-9-10-22(14-20)24(21)16-17-5-2-1-3-6-17/h1-8,11,13,21-22H,9-10,12,14,16H2. The van der Waals surface area contributed by atoms with Crippen LogP contribution in [0.1, 0.15) is 36.0 Å². The van der Waals surface area contributed by atoms with Crippen molar-refractivity contribution >= 4 is 0 Å². The van der Waals surface area contributed by atoms with E-state index in [2.05, 4.69) is 53.4 Å². The van der Waals surface area contributed by atoms with Gasteiger partial charge in [-0.15, -0.1) is 0 Å². The van der Waals surface area contributed by atoms with Gasteiger partial charge in [-0.1, -0.05) is 54.1 Å². The van der Waals surface area contributed by atoms with E-state index in [1.165, 1.54) is 30.4 Å². The number of rotatable bonds is 4. The summed E-state index contributed by atoms with van der Waals surface area (Å²) in [6.45, 7) is 1.06. The lowest BCUT2D eigenvalue weighted by molar-refractivity contribution is 0.195. The van der Waals surface area contributed by atoms with Crippen molar-refractivity contribution in [3.05, 3.63) is 82.9 Å². The second kappa shape index (κ2) is 6.63. The van der Waals surface area contributed by atoms with E-state index in [0.29, 0.717) is 12.1 Å². The lowest BCUT2D eigenvalue weighted by atomic mass is 9.94. The van der Waals surface area contributed by atoms with Crippen molar-refractivity contribution < 1.29 is 0 Å². The Labute approximate surface area is 144 Å². The molecule has 1 fully saturated rings. The van der Waals surface area contributed by atoms with E-state index in [9.17, 15) is 0 Å².